The zero-order chi connectivity index (χ0) is 6.95. The third kappa shape index (κ3) is 9.74. The van der Waals surface area contributed by atoms with Crippen LogP contribution in [0.25, 0.3) is 0 Å². The molecule has 0 aliphatic rings. The molecule has 0 bridgehead atoms. The number of aromatic amines is 1. The van der Waals surface area contributed by atoms with E-state index in [1.807, 2.05) is 0 Å². The van der Waals surface area contributed by atoms with Gasteiger partial charge in [-0.05, 0) is 0 Å². The molecule has 0 atom stereocenters. The van der Waals surface area contributed by atoms with Crippen molar-refractivity contribution in [3.8, 4) is 12.1 Å². The lowest BCUT2D eigenvalue weighted by atomic mass is 10.9. The molecule has 0 fully saturated rings. The van der Waals surface area contributed by atoms with E-state index in [9.17, 15) is 0 Å². The zero-order valence-electron chi connectivity index (χ0n) is 5.07. The summed E-state index contributed by atoms with van der Waals surface area (Å²) in [7, 11) is 0. The van der Waals surface area contributed by atoms with Crippen molar-refractivity contribution < 1.29 is 0 Å². The minimum atomic E-state index is 0. The van der Waals surface area contributed by atoms with Gasteiger partial charge in [0.2, 0.25) is 0 Å². The number of hydrogen-bond donors (Lipinski definition) is 1. The van der Waals surface area contributed by atoms with Crippen molar-refractivity contribution in [3.63, 3.8) is 0 Å². The lowest BCUT2D eigenvalue weighted by molar-refractivity contribution is 1.31. The van der Waals surface area contributed by atoms with Gasteiger partial charge in [-0.15, -0.1) is 0 Å². The highest BCUT2D eigenvalue weighted by Crippen LogP contribution is 1.62. The molecule has 0 radical (unpaired) electrons. The molecule has 1 N–H and O–H groups in total. The normalized spacial score (nSPS) is 5.00. The minimum Gasteiger partial charge on any atom is -0.351 e. The molecular weight excluding hydrogens is 148 g/mol. The minimum absolute atomic E-state index is 0. The maximum Gasteiger partial charge on any atom is 0.181 e. The van der Waals surface area contributed by atoms with Gasteiger partial charge in [-0.25, -0.2) is 4.98 Å². The highest BCUT2D eigenvalue weighted by atomic mass is 32.1. The van der Waals surface area contributed by atoms with E-state index in [1.165, 1.54) is 12.1 Å². The summed E-state index contributed by atoms with van der Waals surface area (Å²) in [5.41, 5.74) is 0. The van der Waals surface area contributed by atoms with Gasteiger partial charge in [-0.1, -0.05) is 0 Å². The van der Waals surface area contributed by atoms with Crippen LogP contribution in [0.2, 0.25) is 0 Å². The molecular formula is C5H6N4S. The molecule has 52 valence electrons. The first-order valence-corrected chi connectivity index (χ1v) is 2.12. The summed E-state index contributed by atoms with van der Waals surface area (Å²) in [6.45, 7) is 0. The number of aromatic nitrogens is 2. The quantitative estimate of drug-likeness (QED) is 0.593. The molecule has 0 aromatic carbocycles. The monoisotopic (exact) mass is 154 g/mol. The fourth-order valence-corrected chi connectivity index (χ4v) is 0.215. The van der Waals surface area contributed by atoms with Crippen LogP contribution < -0.4 is 0 Å². The predicted octanol–water partition coefficient (Wildman–Crippen LogP) is 0.556. The second-order valence-electron chi connectivity index (χ2n) is 0.984. The molecule has 0 aliphatic carbocycles. The number of nitrogens with zero attached hydrogens (tertiary/aromatic N) is 3. The van der Waals surface area contributed by atoms with E-state index in [0.717, 1.165) is 0 Å². The van der Waals surface area contributed by atoms with E-state index >= 15 is 0 Å². The van der Waals surface area contributed by atoms with E-state index in [0.29, 0.717) is 0 Å². The molecule has 1 aromatic heterocycles. The molecule has 4 nitrogen and oxygen atoms in total. The van der Waals surface area contributed by atoms with Crippen molar-refractivity contribution in [1.82, 2.24) is 9.97 Å². The average molecular weight is 154 g/mol. The molecule has 0 saturated carbocycles. The molecule has 0 amide bonds. The number of H-pyrrole nitrogens is 1. The molecule has 0 spiro atoms. The van der Waals surface area contributed by atoms with Crippen LogP contribution in [0.1, 0.15) is 0 Å². The second kappa shape index (κ2) is 10.5. The van der Waals surface area contributed by atoms with Crippen LogP contribution in [0.5, 0.6) is 0 Å². The van der Waals surface area contributed by atoms with Crippen molar-refractivity contribution >= 4 is 13.5 Å². The number of imidazole rings is 1. The first kappa shape index (κ1) is 11.4. The molecule has 10 heavy (non-hydrogen) atoms. The molecule has 5 heteroatoms. The summed E-state index contributed by atoms with van der Waals surface area (Å²) in [4.78, 5) is 6.42. The van der Waals surface area contributed by atoms with E-state index in [-0.39, 0.29) is 13.5 Å². The average Bonchev–Trinajstić information content (AvgIpc) is 2.43. The molecule has 1 rings (SSSR count). The van der Waals surface area contributed by atoms with Gasteiger partial charge in [0.15, 0.2) is 12.1 Å². The third-order valence-electron chi connectivity index (χ3n) is 0.456. The summed E-state index contributed by atoms with van der Waals surface area (Å²) in [5, 5.41) is 14.5. The Morgan fingerprint density at radius 1 is 1.30 bits per heavy atom. The summed E-state index contributed by atoms with van der Waals surface area (Å²) < 4.78 is 0. The van der Waals surface area contributed by atoms with Crippen molar-refractivity contribution in [3.05, 3.63) is 18.7 Å². The Labute approximate surface area is 65.6 Å². The number of nitrogens with one attached hydrogen (secondary N) is 1. The Kier molecular flexibility index (Phi) is 11.9. The smallest absolute Gasteiger partial charge is 0.181 e. The van der Waals surface area contributed by atoms with Gasteiger partial charge in [0.05, 0.1) is 6.33 Å². The van der Waals surface area contributed by atoms with Crippen molar-refractivity contribution in [2.24, 2.45) is 0 Å². The second-order valence-corrected chi connectivity index (χ2v) is 0.984. The largest absolute Gasteiger partial charge is 0.351 e. The van der Waals surface area contributed by atoms with Crippen LogP contribution in [-0.2, 0) is 0 Å². The van der Waals surface area contributed by atoms with Gasteiger partial charge < -0.3 is 4.98 Å². The third-order valence-corrected chi connectivity index (χ3v) is 0.456. The SMILES string of the molecule is N#CC#N.S.c1c[nH]cn1. The Morgan fingerprint density at radius 2 is 1.90 bits per heavy atom. The lowest BCUT2D eigenvalue weighted by Crippen LogP contribution is -1.44. The summed E-state index contributed by atoms with van der Waals surface area (Å²) >= 11 is 0. The molecule has 1 aromatic rings. The first-order chi connectivity index (χ1) is 4.41. The van der Waals surface area contributed by atoms with Gasteiger partial charge in [0.1, 0.15) is 0 Å². The summed E-state index contributed by atoms with van der Waals surface area (Å²) in [5.74, 6) is 0. The van der Waals surface area contributed by atoms with E-state index < -0.39 is 0 Å². The van der Waals surface area contributed by atoms with E-state index in [4.69, 9.17) is 10.5 Å². The number of rotatable bonds is 0. The van der Waals surface area contributed by atoms with Crippen LogP contribution in [0, 0.1) is 22.7 Å². The number of nitriles is 2. The maximum atomic E-state index is 7.26. The number of hydrogen-bond acceptors (Lipinski definition) is 3. The standard InChI is InChI=1S/C3H4N2.C2N2.H2S/c1-2-5-3-4-1;3-1-2-4;/h1-3H,(H,4,5);;1H2. The highest BCUT2D eigenvalue weighted by molar-refractivity contribution is 7.59. The van der Waals surface area contributed by atoms with Crippen molar-refractivity contribution in [1.29, 1.82) is 10.5 Å². The van der Waals surface area contributed by atoms with Gasteiger partial charge in [-0.3, -0.25) is 0 Å². The summed E-state index contributed by atoms with van der Waals surface area (Å²) in [6, 6.07) is 2.47. The van der Waals surface area contributed by atoms with E-state index in [2.05, 4.69) is 9.97 Å². The Hall–Kier alpha value is -1.46. The topological polar surface area (TPSA) is 76.3 Å². The predicted molar refractivity (Wildman–Crippen MR) is 40.2 cm³/mol. The van der Waals surface area contributed by atoms with Gasteiger partial charge in [0.25, 0.3) is 0 Å². The van der Waals surface area contributed by atoms with Gasteiger partial charge in [-0.2, -0.15) is 24.0 Å². The van der Waals surface area contributed by atoms with Crippen molar-refractivity contribution in [2.45, 2.75) is 0 Å². The Bertz CT molecular complexity index is 175. The maximum absolute atomic E-state index is 7.26. The molecule has 0 unspecified atom stereocenters. The van der Waals surface area contributed by atoms with Gasteiger partial charge in [0, 0.05) is 12.4 Å². The van der Waals surface area contributed by atoms with Crippen LogP contribution in [0.4, 0.5) is 0 Å². The lowest BCUT2D eigenvalue weighted by Gasteiger charge is -1.46. The van der Waals surface area contributed by atoms with Crippen LogP contribution >= 0.6 is 13.5 Å². The van der Waals surface area contributed by atoms with Crippen LogP contribution in [0.3, 0.4) is 0 Å². The van der Waals surface area contributed by atoms with Crippen LogP contribution in [0.15, 0.2) is 18.7 Å². The fraction of sp³-hybridized carbons (Fsp3) is 0. The summed E-state index contributed by atoms with van der Waals surface area (Å²) in [6.07, 6.45) is 5.08. The van der Waals surface area contributed by atoms with Crippen LogP contribution in [-0.4, -0.2) is 9.97 Å². The van der Waals surface area contributed by atoms with Gasteiger partial charge >= 0.3 is 0 Å². The Balaban J connectivity index is 0. The Morgan fingerprint density at radius 3 is 2.00 bits per heavy atom. The zero-order valence-corrected chi connectivity index (χ0v) is 6.07. The van der Waals surface area contributed by atoms with E-state index in [1.54, 1.807) is 18.7 Å². The molecule has 0 saturated heterocycles. The molecule has 0 aliphatic heterocycles. The molecule has 1 heterocycles. The van der Waals surface area contributed by atoms with Crippen molar-refractivity contribution in [2.75, 3.05) is 0 Å². The highest BCUT2D eigenvalue weighted by Gasteiger charge is 1.56. The fourth-order valence-electron chi connectivity index (χ4n) is 0.215. The first-order valence-electron chi connectivity index (χ1n) is 2.12.